The van der Waals surface area contributed by atoms with Crippen molar-refractivity contribution in [1.82, 2.24) is 14.5 Å². The van der Waals surface area contributed by atoms with Crippen molar-refractivity contribution in [2.75, 3.05) is 0 Å². The zero-order valence-electron chi connectivity index (χ0n) is 34.2. The summed E-state index contributed by atoms with van der Waals surface area (Å²) >= 11 is 0. The van der Waals surface area contributed by atoms with Crippen molar-refractivity contribution in [2.45, 2.75) is 45.8 Å². The first-order valence-corrected chi connectivity index (χ1v) is 23.4. The first kappa shape index (κ1) is 39.9. The second-order valence-corrected chi connectivity index (χ2v) is 22.0. The van der Waals surface area contributed by atoms with Gasteiger partial charge in [-0.15, -0.1) is 54.1 Å². The Morgan fingerprint density at radius 3 is 2.10 bits per heavy atom. The Labute approximate surface area is 361 Å². The van der Waals surface area contributed by atoms with Gasteiger partial charge in [0.2, 0.25) is 0 Å². The molecule has 0 saturated heterocycles. The summed E-state index contributed by atoms with van der Waals surface area (Å²) in [6.45, 7) is 13.8. The third kappa shape index (κ3) is 7.72. The molecule has 293 valence electrons. The number of imidazole rings is 1. The van der Waals surface area contributed by atoms with E-state index in [0.29, 0.717) is 0 Å². The fourth-order valence-electron chi connectivity index (χ4n) is 7.80. The van der Waals surface area contributed by atoms with Crippen LogP contribution in [0.1, 0.15) is 26.3 Å². The van der Waals surface area contributed by atoms with Gasteiger partial charge < -0.3 is 14.0 Å². The van der Waals surface area contributed by atoms with Crippen molar-refractivity contribution >= 4 is 57.0 Å². The maximum Gasteiger partial charge on any atom is 0.120 e. The van der Waals surface area contributed by atoms with Crippen LogP contribution in [0.3, 0.4) is 0 Å². The minimum atomic E-state index is -1.23. The molecule has 0 saturated carbocycles. The van der Waals surface area contributed by atoms with Crippen LogP contribution in [0.15, 0.2) is 168 Å². The van der Waals surface area contributed by atoms with Gasteiger partial charge in [-0.2, -0.15) is 0 Å². The molecule has 0 aliphatic carbocycles. The van der Waals surface area contributed by atoms with E-state index in [1.165, 1.54) is 21.5 Å². The van der Waals surface area contributed by atoms with Gasteiger partial charge in [0.05, 0.1) is 36.2 Å². The monoisotopic (exact) mass is 960 g/mol. The van der Waals surface area contributed by atoms with E-state index >= 15 is 0 Å². The summed E-state index contributed by atoms with van der Waals surface area (Å²) in [6, 6.07) is 61.5. The van der Waals surface area contributed by atoms with Gasteiger partial charge in [0.15, 0.2) is 0 Å². The van der Waals surface area contributed by atoms with Crippen LogP contribution in [-0.4, -0.2) is 22.6 Å². The van der Waals surface area contributed by atoms with E-state index < -0.39 is 8.07 Å². The zero-order chi connectivity index (χ0) is 40.0. The molecule has 0 aliphatic heterocycles. The predicted octanol–water partition coefficient (Wildman–Crippen LogP) is 13.6. The van der Waals surface area contributed by atoms with Gasteiger partial charge in [-0.25, -0.2) is 0 Å². The summed E-state index contributed by atoms with van der Waals surface area (Å²) in [7, 11) is -1.23. The Morgan fingerprint density at radius 1 is 0.661 bits per heavy atom. The summed E-state index contributed by atoms with van der Waals surface area (Å²) in [6.07, 6.45) is 2.02. The molecule has 0 N–H and O–H groups in total. The molecule has 3 aromatic heterocycles. The van der Waals surface area contributed by atoms with Crippen molar-refractivity contribution in [2.24, 2.45) is 0 Å². The van der Waals surface area contributed by atoms with E-state index in [1.807, 2.05) is 48.7 Å². The molecular formula is C53H45IrN3OSi-2. The number of rotatable bonds is 5. The van der Waals surface area contributed by atoms with Crippen molar-refractivity contribution < 1.29 is 24.5 Å². The van der Waals surface area contributed by atoms with Crippen LogP contribution >= 0.6 is 0 Å². The van der Waals surface area contributed by atoms with Gasteiger partial charge in [-0.1, -0.05) is 154 Å². The number of hydrogen-bond donors (Lipinski definition) is 0. The summed E-state index contributed by atoms with van der Waals surface area (Å²) in [4.78, 5) is 9.88. The van der Waals surface area contributed by atoms with Crippen LogP contribution < -0.4 is 5.19 Å². The molecule has 3 heterocycles. The third-order valence-corrected chi connectivity index (χ3v) is 12.9. The van der Waals surface area contributed by atoms with E-state index in [4.69, 9.17) is 9.40 Å². The van der Waals surface area contributed by atoms with Crippen molar-refractivity contribution in [3.63, 3.8) is 0 Å². The second-order valence-electron chi connectivity index (χ2n) is 16.9. The molecule has 0 bridgehead atoms. The Morgan fingerprint density at radius 2 is 1.39 bits per heavy atom. The summed E-state index contributed by atoms with van der Waals surface area (Å²) in [5.41, 5.74) is 11.1. The van der Waals surface area contributed by atoms with E-state index in [-0.39, 0.29) is 25.5 Å². The van der Waals surface area contributed by atoms with Gasteiger partial charge in [-0.3, -0.25) is 4.98 Å². The van der Waals surface area contributed by atoms with E-state index in [9.17, 15) is 0 Å². The van der Waals surface area contributed by atoms with Crippen LogP contribution in [0.5, 0.6) is 0 Å². The Balaban J connectivity index is 0.000000240. The van der Waals surface area contributed by atoms with Crippen LogP contribution in [0.4, 0.5) is 0 Å². The fourth-order valence-corrected chi connectivity index (χ4v) is 8.84. The molecule has 10 rings (SSSR count). The number of pyridine rings is 1. The molecule has 6 heteroatoms. The van der Waals surface area contributed by atoms with Crippen molar-refractivity contribution in [3.05, 3.63) is 182 Å². The molecule has 4 nitrogen and oxygen atoms in total. The number of aromatic nitrogens is 3. The SMILES string of the molecule is CC(C)(C)c1cccc(-c2ccccc2)c1-n1c(-c2[c-]ccc3c2oc2ccccc23)nc2cc3ccccc3cc21.C[Si](C)(C)c1ccc(-c2[c-]cccc2)nc1.[Ir]. The first-order valence-electron chi connectivity index (χ1n) is 19.9. The molecule has 0 amide bonds. The third-order valence-electron chi connectivity index (χ3n) is 10.9. The molecular weight excluding hydrogens is 915 g/mol. The number of nitrogens with zero attached hydrogens (tertiary/aromatic N) is 3. The van der Waals surface area contributed by atoms with Crippen LogP contribution in [0, 0.1) is 12.1 Å². The molecule has 0 spiro atoms. The first-order chi connectivity index (χ1) is 28.0. The minimum Gasteiger partial charge on any atom is -0.501 e. The molecule has 10 aromatic rings. The molecule has 0 aliphatic rings. The minimum absolute atomic E-state index is 0. The van der Waals surface area contributed by atoms with Gasteiger partial charge in [-0.05, 0) is 56.4 Å². The largest absolute Gasteiger partial charge is 0.501 e. The van der Waals surface area contributed by atoms with E-state index in [2.05, 4.69) is 177 Å². The van der Waals surface area contributed by atoms with Gasteiger partial charge in [0, 0.05) is 37.3 Å². The van der Waals surface area contributed by atoms with Crippen LogP contribution in [-0.2, 0) is 25.5 Å². The van der Waals surface area contributed by atoms with Crippen LogP contribution in [0.25, 0.3) is 83.2 Å². The number of furan rings is 1. The number of benzene rings is 7. The number of fused-ring (bicyclic) bond motifs is 5. The predicted molar refractivity (Wildman–Crippen MR) is 246 cm³/mol. The van der Waals surface area contributed by atoms with E-state index in [1.54, 1.807) is 0 Å². The summed E-state index contributed by atoms with van der Waals surface area (Å²) in [5, 5.41) is 5.90. The molecule has 7 aromatic carbocycles. The molecule has 0 fully saturated rings. The summed E-state index contributed by atoms with van der Waals surface area (Å²) in [5.74, 6) is 0.818. The maximum atomic E-state index is 6.53. The average molecular weight is 960 g/mol. The normalized spacial score (nSPS) is 11.8. The van der Waals surface area contributed by atoms with Crippen LogP contribution in [0.2, 0.25) is 19.6 Å². The topological polar surface area (TPSA) is 43.9 Å². The Bertz CT molecular complexity index is 3070. The Hall–Kier alpha value is -5.91. The quantitative estimate of drug-likeness (QED) is 0.128. The average Bonchev–Trinajstić information content (AvgIpc) is 3.81. The van der Waals surface area contributed by atoms with Gasteiger partial charge in [0.1, 0.15) is 5.58 Å². The number of para-hydroxylation sites is 2. The smallest absolute Gasteiger partial charge is 0.120 e. The summed E-state index contributed by atoms with van der Waals surface area (Å²) < 4.78 is 8.88. The second kappa shape index (κ2) is 16.0. The van der Waals surface area contributed by atoms with Gasteiger partial charge in [0.25, 0.3) is 0 Å². The molecule has 1 radical (unpaired) electrons. The zero-order valence-corrected chi connectivity index (χ0v) is 37.6. The van der Waals surface area contributed by atoms with Crippen molar-refractivity contribution in [3.8, 4) is 39.5 Å². The standard InChI is InChI=1S/C39H29N2O.C14H16NSi.Ir/c1-39(2,3)32-21-12-18-28(25-13-5-4-6-14-25)36(32)41-34-24-27-16-8-7-15-26(27)23-33(34)40-38(41)31-20-11-19-30-29-17-9-10-22-35(29)42-37(30)31;1-16(2,3)13-9-10-14(15-11-13)12-7-5-4-6-8-12;/h4-19,21-24H,1-3H3;4-7,9-11H,1-3H3;/q2*-1;. The Kier molecular flexibility index (Phi) is 10.8. The molecule has 0 atom stereocenters. The number of hydrogen-bond acceptors (Lipinski definition) is 3. The van der Waals surface area contributed by atoms with Gasteiger partial charge >= 0.3 is 0 Å². The molecule has 59 heavy (non-hydrogen) atoms. The van der Waals surface area contributed by atoms with Crippen molar-refractivity contribution in [1.29, 1.82) is 0 Å². The molecule has 0 unspecified atom stereocenters. The van der Waals surface area contributed by atoms with E-state index in [0.717, 1.165) is 72.4 Å². The maximum absolute atomic E-state index is 6.53. The fraction of sp³-hybridized carbons (Fsp3) is 0.132.